The maximum absolute atomic E-state index is 10.0. The van der Waals surface area contributed by atoms with Crippen molar-refractivity contribution in [1.29, 1.82) is 0 Å². The average molecular weight is 412 g/mol. The fourth-order valence-electron chi connectivity index (χ4n) is 2.94. The second kappa shape index (κ2) is 6.95. The van der Waals surface area contributed by atoms with Crippen LogP contribution in [0.5, 0.6) is 5.75 Å². The molecule has 112 valence electrons. The molecule has 2 nitrogen and oxygen atoms in total. The van der Waals surface area contributed by atoms with Crippen LogP contribution in [0.4, 0.5) is 0 Å². The van der Waals surface area contributed by atoms with Crippen LogP contribution in [0.2, 0.25) is 0 Å². The lowest BCUT2D eigenvalue weighted by molar-refractivity contribution is -0.00000495. The van der Waals surface area contributed by atoms with Crippen molar-refractivity contribution in [2.75, 3.05) is 20.1 Å². The Bertz CT molecular complexity index is 616. The summed E-state index contributed by atoms with van der Waals surface area (Å²) in [5.74, 6) is 0.645. The lowest BCUT2D eigenvalue weighted by Crippen LogP contribution is -3.00. The van der Waals surface area contributed by atoms with Gasteiger partial charge in [0.15, 0.2) is 0 Å². The number of hydrogen-bond acceptors (Lipinski definition) is 2. The molecule has 21 heavy (non-hydrogen) atoms. The van der Waals surface area contributed by atoms with Gasteiger partial charge in [-0.3, -0.25) is 0 Å². The lowest BCUT2D eigenvalue weighted by Gasteiger charge is -2.22. The molecule has 1 atom stereocenters. The van der Waals surface area contributed by atoms with E-state index in [-0.39, 0.29) is 17.0 Å². The number of hydrogen-bond donors (Lipinski definition) is 1. The van der Waals surface area contributed by atoms with Gasteiger partial charge in [-0.05, 0) is 58.2 Å². The van der Waals surface area contributed by atoms with Crippen molar-refractivity contribution in [3.63, 3.8) is 0 Å². The molecule has 3 rings (SSSR count). The van der Waals surface area contributed by atoms with E-state index in [0.717, 1.165) is 24.0 Å². The maximum Gasteiger partial charge on any atom is 0.130 e. The summed E-state index contributed by atoms with van der Waals surface area (Å²) in [7, 11) is 2.16. The standard InChI is InChI=1S/C17H18BrNO.BrH/c1-19-8-7-13-9-16(18)17(20)10-14(13)15(11-19)12-5-3-2-4-6-12;/h2-6,9-10,15,20H,7-8,11H2,1H3;1H/p-1. The summed E-state index contributed by atoms with van der Waals surface area (Å²) in [4.78, 5) is 2.36. The number of rotatable bonds is 1. The summed E-state index contributed by atoms with van der Waals surface area (Å²) in [5, 5.41) is 10.0. The molecular weight excluding hydrogens is 394 g/mol. The number of phenols is 1. The van der Waals surface area contributed by atoms with Gasteiger partial charge >= 0.3 is 0 Å². The normalized spacial score (nSPS) is 18.5. The first-order valence-electron chi connectivity index (χ1n) is 6.90. The Hall–Kier alpha value is -0.840. The van der Waals surface area contributed by atoms with Crippen molar-refractivity contribution < 1.29 is 22.1 Å². The van der Waals surface area contributed by atoms with Crippen LogP contribution in [0.1, 0.15) is 22.6 Å². The number of fused-ring (bicyclic) bond motifs is 1. The summed E-state index contributed by atoms with van der Waals surface area (Å²) < 4.78 is 0.785. The SMILES string of the molecule is CN1CCc2cc(Br)c(O)cc2C(c2ccccc2)C1.[Br-]. The second-order valence-corrected chi connectivity index (χ2v) is 6.33. The van der Waals surface area contributed by atoms with Crippen molar-refractivity contribution in [2.24, 2.45) is 0 Å². The van der Waals surface area contributed by atoms with E-state index in [2.05, 4.69) is 58.2 Å². The minimum Gasteiger partial charge on any atom is -1.00 e. The predicted octanol–water partition coefficient (Wildman–Crippen LogP) is 0.778. The van der Waals surface area contributed by atoms with E-state index in [1.165, 1.54) is 16.7 Å². The van der Waals surface area contributed by atoms with Gasteiger partial charge in [0.2, 0.25) is 0 Å². The molecule has 0 radical (unpaired) electrons. The van der Waals surface area contributed by atoms with Crippen LogP contribution in [0, 0.1) is 0 Å². The number of aromatic hydroxyl groups is 1. The smallest absolute Gasteiger partial charge is 0.130 e. The molecular formula is C17H18Br2NO-. The fourth-order valence-corrected chi connectivity index (χ4v) is 3.33. The molecule has 2 aromatic carbocycles. The molecule has 1 aliphatic heterocycles. The van der Waals surface area contributed by atoms with E-state index < -0.39 is 0 Å². The lowest BCUT2D eigenvalue weighted by atomic mass is 9.88. The zero-order valence-electron chi connectivity index (χ0n) is 11.9. The minimum atomic E-state index is 0. The quantitative estimate of drug-likeness (QED) is 0.749. The Labute approximate surface area is 144 Å². The highest BCUT2D eigenvalue weighted by atomic mass is 79.9. The number of likely N-dealkylation sites (N-methyl/N-ethyl adjacent to an activating group) is 1. The summed E-state index contributed by atoms with van der Waals surface area (Å²) >= 11 is 3.43. The zero-order chi connectivity index (χ0) is 14.1. The molecule has 1 unspecified atom stereocenters. The van der Waals surface area contributed by atoms with E-state index in [1.54, 1.807) is 0 Å². The molecule has 0 amide bonds. The molecule has 0 fully saturated rings. The second-order valence-electron chi connectivity index (χ2n) is 5.48. The Kier molecular flexibility index (Phi) is 5.47. The van der Waals surface area contributed by atoms with E-state index in [0.29, 0.717) is 11.7 Å². The third-order valence-electron chi connectivity index (χ3n) is 4.04. The molecule has 0 bridgehead atoms. The first-order valence-corrected chi connectivity index (χ1v) is 7.69. The Morgan fingerprint density at radius 1 is 1.19 bits per heavy atom. The van der Waals surface area contributed by atoms with Crippen molar-refractivity contribution in [1.82, 2.24) is 4.90 Å². The van der Waals surface area contributed by atoms with Gasteiger partial charge in [-0.2, -0.15) is 0 Å². The van der Waals surface area contributed by atoms with E-state index in [1.807, 2.05) is 12.1 Å². The third-order valence-corrected chi connectivity index (χ3v) is 4.68. The molecule has 1 N–H and O–H groups in total. The maximum atomic E-state index is 10.0. The Balaban J connectivity index is 0.00000161. The number of phenolic OH excluding ortho intramolecular Hbond substituents is 1. The molecule has 4 heteroatoms. The molecule has 0 aromatic heterocycles. The summed E-state index contributed by atoms with van der Waals surface area (Å²) in [6.07, 6.45) is 1.02. The Morgan fingerprint density at radius 3 is 2.62 bits per heavy atom. The van der Waals surface area contributed by atoms with Gasteiger partial charge in [0.25, 0.3) is 0 Å². The molecule has 1 aliphatic rings. The highest BCUT2D eigenvalue weighted by Crippen LogP contribution is 2.36. The van der Waals surface area contributed by atoms with Crippen LogP contribution >= 0.6 is 15.9 Å². The number of halogens is 2. The average Bonchev–Trinajstić information content (AvgIpc) is 2.61. The number of nitrogens with zero attached hydrogens (tertiary/aromatic N) is 1. The van der Waals surface area contributed by atoms with Gasteiger partial charge in [0.05, 0.1) is 4.47 Å². The van der Waals surface area contributed by atoms with Gasteiger partial charge in [-0.15, -0.1) is 0 Å². The van der Waals surface area contributed by atoms with E-state index in [4.69, 9.17) is 0 Å². The largest absolute Gasteiger partial charge is 1.00 e. The first kappa shape index (κ1) is 16.5. The molecule has 0 saturated heterocycles. The highest BCUT2D eigenvalue weighted by molar-refractivity contribution is 9.10. The Morgan fingerprint density at radius 2 is 1.90 bits per heavy atom. The van der Waals surface area contributed by atoms with E-state index in [9.17, 15) is 5.11 Å². The zero-order valence-corrected chi connectivity index (χ0v) is 15.1. The van der Waals surface area contributed by atoms with Crippen LogP contribution in [-0.2, 0) is 6.42 Å². The van der Waals surface area contributed by atoms with Crippen LogP contribution in [0.15, 0.2) is 46.9 Å². The minimum absolute atomic E-state index is 0. The van der Waals surface area contributed by atoms with Crippen LogP contribution < -0.4 is 17.0 Å². The summed E-state index contributed by atoms with van der Waals surface area (Å²) in [5.41, 5.74) is 3.89. The molecule has 0 spiro atoms. The van der Waals surface area contributed by atoms with Gasteiger partial charge in [-0.25, -0.2) is 0 Å². The predicted molar refractivity (Wildman–Crippen MR) is 85.3 cm³/mol. The molecule has 1 heterocycles. The first-order chi connectivity index (χ1) is 9.65. The summed E-state index contributed by atoms with van der Waals surface area (Å²) in [6, 6.07) is 14.6. The molecule has 2 aromatic rings. The summed E-state index contributed by atoms with van der Waals surface area (Å²) in [6.45, 7) is 2.03. The van der Waals surface area contributed by atoms with Crippen molar-refractivity contribution in [3.8, 4) is 5.75 Å². The number of benzene rings is 2. The van der Waals surface area contributed by atoms with Crippen molar-refractivity contribution >= 4 is 15.9 Å². The molecule has 0 aliphatic carbocycles. The topological polar surface area (TPSA) is 23.5 Å². The monoisotopic (exact) mass is 410 g/mol. The van der Waals surface area contributed by atoms with Crippen LogP contribution in [0.25, 0.3) is 0 Å². The van der Waals surface area contributed by atoms with Gasteiger partial charge in [-0.1, -0.05) is 30.3 Å². The molecule has 0 saturated carbocycles. The van der Waals surface area contributed by atoms with Gasteiger partial charge < -0.3 is 27.0 Å². The van der Waals surface area contributed by atoms with Crippen LogP contribution in [-0.4, -0.2) is 30.1 Å². The van der Waals surface area contributed by atoms with Crippen molar-refractivity contribution in [2.45, 2.75) is 12.3 Å². The van der Waals surface area contributed by atoms with Gasteiger partial charge in [0, 0.05) is 19.0 Å². The van der Waals surface area contributed by atoms with E-state index >= 15 is 0 Å². The van der Waals surface area contributed by atoms with Crippen LogP contribution in [0.3, 0.4) is 0 Å². The fraction of sp³-hybridized carbons (Fsp3) is 0.294. The van der Waals surface area contributed by atoms with Gasteiger partial charge in [0.1, 0.15) is 5.75 Å². The third kappa shape index (κ3) is 3.50. The van der Waals surface area contributed by atoms with Crippen molar-refractivity contribution in [3.05, 3.63) is 63.6 Å². The highest BCUT2D eigenvalue weighted by Gasteiger charge is 2.24.